The molecule has 0 N–H and O–H groups in total. The summed E-state index contributed by atoms with van der Waals surface area (Å²) in [5.74, 6) is 0.810. The SMILES string of the molecule is Br.O=C(CN1CCOCC1)N1CCC(/C=C/c2ccc(Cl)cc2)CC1. The van der Waals surface area contributed by atoms with E-state index in [1.807, 2.05) is 29.2 Å². The van der Waals surface area contributed by atoms with Gasteiger partial charge in [0.2, 0.25) is 5.91 Å². The molecule has 6 heteroatoms. The third-order valence-corrected chi connectivity index (χ3v) is 5.04. The van der Waals surface area contributed by atoms with E-state index in [0.29, 0.717) is 12.5 Å². The average molecular weight is 430 g/mol. The number of piperidine rings is 1. The van der Waals surface area contributed by atoms with Crippen molar-refractivity contribution in [3.8, 4) is 0 Å². The lowest BCUT2D eigenvalue weighted by molar-refractivity contribution is -0.134. The van der Waals surface area contributed by atoms with E-state index in [0.717, 1.165) is 57.3 Å². The highest BCUT2D eigenvalue weighted by molar-refractivity contribution is 8.93. The number of hydrogen-bond acceptors (Lipinski definition) is 3. The third kappa shape index (κ3) is 6.41. The molecular formula is C19H26BrClN2O2. The second-order valence-electron chi connectivity index (χ2n) is 6.52. The summed E-state index contributed by atoms with van der Waals surface area (Å²) in [4.78, 5) is 16.6. The average Bonchev–Trinajstić information content (AvgIpc) is 2.62. The fraction of sp³-hybridized carbons (Fsp3) is 0.526. The monoisotopic (exact) mass is 428 g/mol. The Morgan fingerprint density at radius 2 is 1.76 bits per heavy atom. The summed E-state index contributed by atoms with van der Waals surface area (Å²) in [5.41, 5.74) is 1.17. The first-order chi connectivity index (χ1) is 11.7. The minimum absolute atomic E-state index is 0. The first kappa shape index (κ1) is 20.4. The molecule has 0 atom stereocenters. The van der Waals surface area contributed by atoms with Crippen LogP contribution in [0.25, 0.3) is 6.08 Å². The molecule has 3 rings (SSSR count). The van der Waals surface area contributed by atoms with Gasteiger partial charge in [0.25, 0.3) is 0 Å². The Morgan fingerprint density at radius 3 is 2.40 bits per heavy atom. The minimum Gasteiger partial charge on any atom is -0.379 e. The lowest BCUT2D eigenvalue weighted by Gasteiger charge is -2.33. The van der Waals surface area contributed by atoms with E-state index in [1.54, 1.807) is 0 Å². The molecule has 0 aliphatic carbocycles. The second kappa shape index (κ2) is 10.3. The number of rotatable bonds is 4. The van der Waals surface area contributed by atoms with E-state index in [1.165, 1.54) is 5.56 Å². The van der Waals surface area contributed by atoms with E-state index in [2.05, 4.69) is 17.1 Å². The zero-order valence-corrected chi connectivity index (χ0v) is 16.9. The van der Waals surface area contributed by atoms with Crippen molar-refractivity contribution >= 4 is 40.6 Å². The van der Waals surface area contributed by atoms with E-state index in [9.17, 15) is 4.79 Å². The number of ether oxygens (including phenoxy) is 1. The van der Waals surface area contributed by atoms with E-state index in [4.69, 9.17) is 16.3 Å². The number of halogens is 2. The highest BCUT2D eigenvalue weighted by atomic mass is 79.9. The van der Waals surface area contributed by atoms with Gasteiger partial charge in [0.05, 0.1) is 19.8 Å². The van der Waals surface area contributed by atoms with Crippen LogP contribution in [-0.2, 0) is 9.53 Å². The number of carbonyl (C=O) groups excluding carboxylic acids is 1. The fourth-order valence-electron chi connectivity index (χ4n) is 3.21. The number of hydrogen-bond donors (Lipinski definition) is 0. The number of amides is 1. The highest BCUT2D eigenvalue weighted by Crippen LogP contribution is 2.20. The smallest absolute Gasteiger partial charge is 0.236 e. The molecule has 2 saturated heterocycles. The highest BCUT2D eigenvalue weighted by Gasteiger charge is 2.23. The van der Waals surface area contributed by atoms with Crippen molar-refractivity contribution in [3.63, 3.8) is 0 Å². The van der Waals surface area contributed by atoms with Gasteiger partial charge < -0.3 is 9.64 Å². The number of morpholine rings is 1. The van der Waals surface area contributed by atoms with Crippen molar-refractivity contribution in [1.29, 1.82) is 0 Å². The molecule has 2 aliphatic heterocycles. The first-order valence-electron chi connectivity index (χ1n) is 8.72. The lowest BCUT2D eigenvalue weighted by atomic mass is 9.95. The standard InChI is InChI=1S/C19H25ClN2O2.BrH/c20-18-5-3-16(4-6-18)1-2-17-7-9-22(10-8-17)19(23)15-21-11-13-24-14-12-21;/h1-6,17H,7-15H2;1H/b2-1+;. The van der Waals surface area contributed by atoms with E-state index >= 15 is 0 Å². The fourth-order valence-corrected chi connectivity index (χ4v) is 3.34. The van der Waals surface area contributed by atoms with Crippen molar-refractivity contribution in [2.75, 3.05) is 45.9 Å². The van der Waals surface area contributed by atoms with Crippen LogP contribution in [0.15, 0.2) is 30.3 Å². The molecule has 1 aromatic carbocycles. The summed E-state index contributed by atoms with van der Waals surface area (Å²) in [7, 11) is 0. The molecule has 2 aliphatic rings. The Morgan fingerprint density at radius 1 is 1.12 bits per heavy atom. The van der Waals surface area contributed by atoms with Crippen LogP contribution < -0.4 is 0 Å². The summed E-state index contributed by atoms with van der Waals surface area (Å²) < 4.78 is 5.33. The number of carbonyl (C=O) groups is 1. The van der Waals surface area contributed by atoms with Crippen LogP contribution in [0.4, 0.5) is 0 Å². The molecule has 1 amide bonds. The molecule has 4 nitrogen and oxygen atoms in total. The van der Waals surface area contributed by atoms with Crippen LogP contribution in [-0.4, -0.2) is 61.6 Å². The van der Waals surface area contributed by atoms with Crippen LogP contribution in [0.1, 0.15) is 18.4 Å². The molecule has 2 fully saturated rings. The second-order valence-corrected chi connectivity index (χ2v) is 6.95. The molecule has 0 aromatic heterocycles. The number of likely N-dealkylation sites (tertiary alicyclic amines) is 1. The topological polar surface area (TPSA) is 32.8 Å². The first-order valence-corrected chi connectivity index (χ1v) is 9.10. The van der Waals surface area contributed by atoms with Gasteiger partial charge in [0, 0.05) is 31.2 Å². The zero-order valence-electron chi connectivity index (χ0n) is 14.4. The summed E-state index contributed by atoms with van der Waals surface area (Å²) >= 11 is 5.90. The third-order valence-electron chi connectivity index (χ3n) is 4.79. The van der Waals surface area contributed by atoms with Gasteiger partial charge in [-0.05, 0) is 36.5 Å². The summed E-state index contributed by atoms with van der Waals surface area (Å²) in [5, 5.41) is 0.763. The number of allylic oxidation sites excluding steroid dienone is 1. The van der Waals surface area contributed by atoms with Crippen LogP contribution in [0.3, 0.4) is 0 Å². The van der Waals surface area contributed by atoms with Crippen molar-refractivity contribution < 1.29 is 9.53 Å². The van der Waals surface area contributed by atoms with Crippen molar-refractivity contribution in [3.05, 3.63) is 40.9 Å². The largest absolute Gasteiger partial charge is 0.379 e. The Labute approximate surface area is 165 Å². The van der Waals surface area contributed by atoms with Crippen LogP contribution in [0.2, 0.25) is 5.02 Å². The van der Waals surface area contributed by atoms with Crippen molar-refractivity contribution in [1.82, 2.24) is 9.80 Å². The molecular weight excluding hydrogens is 404 g/mol. The summed E-state index contributed by atoms with van der Waals surface area (Å²) in [6.45, 7) is 5.47. The summed E-state index contributed by atoms with van der Waals surface area (Å²) in [6.07, 6.45) is 6.51. The van der Waals surface area contributed by atoms with Gasteiger partial charge in [0.1, 0.15) is 0 Å². The molecule has 25 heavy (non-hydrogen) atoms. The maximum Gasteiger partial charge on any atom is 0.236 e. The van der Waals surface area contributed by atoms with Crippen LogP contribution in [0.5, 0.6) is 0 Å². The van der Waals surface area contributed by atoms with Crippen LogP contribution in [0, 0.1) is 5.92 Å². The van der Waals surface area contributed by atoms with Gasteiger partial charge >= 0.3 is 0 Å². The predicted molar refractivity (Wildman–Crippen MR) is 107 cm³/mol. The lowest BCUT2D eigenvalue weighted by Crippen LogP contribution is -2.46. The predicted octanol–water partition coefficient (Wildman–Crippen LogP) is 3.50. The Balaban J connectivity index is 0.00000225. The van der Waals surface area contributed by atoms with Gasteiger partial charge in [0.15, 0.2) is 0 Å². The number of benzene rings is 1. The quantitative estimate of drug-likeness (QED) is 0.734. The van der Waals surface area contributed by atoms with Gasteiger partial charge in [-0.15, -0.1) is 17.0 Å². The molecule has 2 heterocycles. The Hall–Kier alpha value is -0.880. The van der Waals surface area contributed by atoms with Crippen molar-refractivity contribution in [2.24, 2.45) is 5.92 Å². The Bertz CT molecular complexity index is 565. The van der Waals surface area contributed by atoms with Gasteiger partial charge in [-0.1, -0.05) is 35.9 Å². The molecule has 0 unspecified atom stereocenters. The van der Waals surface area contributed by atoms with Gasteiger partial charge in [-0.2, -0.15) is 0 Å². The molecule has 0 bridgehead atoms. The number of nitrogens with zero attached hydrogens (tertiary/aromatic N) is 2. The normalized spacial score (nSPS) is 19.8. The molecule has 1 aromatic rings. The minimum atomic E-state index is 0. The maximum atomic E-state index is 12.4. The van der Waals surface area contributed by atoms with Gasteiger partial charge in [-0.25, -0.2) is 0 Å². The van der Waals surface area contributed by atoms with Gasteiger partial charge in [-0.3, -0.25) is 9.69 Å². The summed E-state index contributed by atoms with van der Waals surface area (Å²) in [6, 6.07) is 7.88. The molecule has 138 valence electrons. The zero-order chi connectivity index (χ0) is 16.8. The Kier molecular flexibility index (Phi) is 8.43. The molecule has 0 spiro atoms. The van der Waals surface area contributed by atoms with Crippen molar-refractivity contribution in [2.45, 2.75) is 12.8 Å². The molecule has 0 radical (unpaired) electrons. The van der Waals surface area contributed by atoms with E-state index in [-0.39, 0.29) is 22.9 Å². The van der Waals surface area contributed by atoms with Crippen LogP contribution >= 0.6 is 28.6 Å². The maximum absolute atomic E-state index is 12.4. The molecule has 0 saturated carbocycles. The van der Waals surface area contributed by atoms with E-state index < -0.39 is 0 Å².